The molecule has 5 nitrogen and oxygen atoms in total. The number of nitrogens with zero attached hydrogens (tertiary/aromatic N) is 1. The van der Waals surface area contributed by atoms with E-state index in [4.69, 9.17) is 15.2 Å². The molecule has 132 valence electrons. The third-order valence-electron chi connectivity index (χ3n) is 3.88. The van der Waals surface area contributed by atoms with Crippen LogP contribution in [0.3, 0.4) is 0 Å². The summed E-state index contributed by atoms with van der Waals surface area (Å²) in [6.07, 6.45) is 0.923. The molecular formula is C17H29ClN2O3. The van der Waals surface area contributed by atoms with E-state index in [-0.39, 0.29) is 30.5 Å². The van der Waals surface area contributed by atoms with Crippen LogP contribution in [0, 0.1) is 0 Å². The molecule has 1 aromatic carbocycles. The quantitative estimate of drug-likeness (QED) is 0.746. The van der Waals surface area contributed by atoms with Crippen LogP contribution in [0.25, 0.3) is 0 Å². The summed E-state index contributed by atoms with van der Waals surface area (Å²) in [4.78, 5) is 14.3. The number of likely N-dealkylation sites (N-methyl/N-ethyl adjacent to an activating group) is 1. The van der Waals surface area contributed by atoms with E-state index in [9.17, 15) is 4.79 Å². The number of carbonyl (C=O) groups excluding carboxylic acids is 1. The highest BCUT2D eigenvalue weighted by molar-refractivity contribution is 5.85. The van der Waals surface area contributed by atoms with E-state index < -0.39 is 0 Å². The van der Waals surface area contributed by atoms with E-state index in [1.165, 1.54) is 5.56 Å². The van der Waals surface area contributed by atoms with Crippen molar-refractivity contribution in [2.45, 2.75) is 38.8 Å². The number of carbonyl (C=O) groups is 1. The molecule has 0 saturated carbocycles. The number of nitrogens with two attached hydrogens (primary N) is 1. The van der Waals surface area contributed by atoms with Gasteiger partial charge in [0.1, 0.15) is 5.75 Å². The molecule has 0 fully saturated rings. The Bertz CT molecular complexity index is 450. The van der Waals surface area contributed by atoms with Crippen LogP contribution in [0.15, 0.2) is 24.3 Å². The number of halogens is 1. The van der Waals surface area contributed by atoms with Crippen molar-refractivity contribution in [3.8, 4) is 5.75 Å². The van der Waals surface area contributed by atoms with Gasteiger partial charge < -0.3 is 20.1 Å². The minimum absolute atomic E-state index is 0. The van der Waals surface area contributed by atoms with Crippen molar-refractivity contribution in [1.29, 1.82) is 0 Å². The predicted octanol–water partition coefficient (Wildman–Crippen LogP) is 2.26. The summed E-state index contributed by atoms with van der Waals surface area (Å²) in [7, 11) is 3.24. The molecule has 0 spiro atoms. The van der Waals surface area contributed by atoms with Crippen LogP contribution in [0.5, 0.6) is 5.75 Å². The molecular weight excluding hydrogens is 316 g/mol. The molecule has 0 heterocycles. The Morgan fingerprint density at radius 2 is 1.87 bits per heavy atom. The molecule has 1 aromatic rings. The molecule has 2 N–H and O–H groups in total. The Balaban J connectivity index is 0.00000484. The first kappa shape index (κ1) is 21.7. The summed E-state index contributed by atoms with van der Waals surface area (Å²) in [6.45, 7) is 5.09. The Labute approximate surface area is 145 Å². The van der Waals surface area contributed by atoms with Gasteiger partial charge in [0.2, 0.25) is 5.91 Å². The first-order valence-corrected chi connectivity index (χ1v) is 7.70. The average Bonchev–Trinajstić information content (AvgIpc) is 2.53. The SMILES string of the molecule is CCN(C(=O)CC(CN)OC)C(C)Cc1ccc(OC)cc1.Cl. The molecule has 0 bridgehead atoms. The first-order valence-electron chi connectivity index (χ1n) is 7.70. The highest BCUT2D eigenvalue weighted by Gasteiger charge is 2.21. The Morgan fingerprint density at radius 3 is 2.30 bits per heavy atom. The molecule has 6 heteroatoms. The van der Waals surface area contributed by atoms with Crippen molar-refractivity contribution in [1.82, 2.24) is 4.90 Å². The molecule has 1 amide bonds. The maximum absolute atomic E-state index is 12.4. The van der Waals surface area contributed by atoms with E-state index in [2.05, 4.69) is 6.92 Å². The fourth-order valence-corrected chi connectivity index (χ4v) is 2.52. The zero-order valence-electron chi connectivity index (χ0n) is 14.5. The summed E-state index contributed by atoms with van der Waals surface area (Å²) in [5, 5.41) is 0. The van der Waals surface area contributed by atoms with Crippen molar-refractivity contribution in [3.05, 3.63) is 29.8 Å². The summed E-state index contributed by atoms with van der Waals surface area (Å²) >= 11 is 0. The normalized spacial score (nSPS) is 12.9. The van der Waals surface area contributed by atoms with Crippen molar-refractivity contribution in [2.24, 2.45) is 5.73 Å². The molecule has 1 rings (SSSR count). The molecule has 0 saturated heterocycles. The van der Waals surface area contributed by atoms with Gasteiger partial charge in [0.15, 0.2) is 0 Å². The largest absolute Gasteiger partial charge is 0.497 e. The number of benzene rings is 1. The second kappa shape index (κ2) is 11.3. The average molecular weight is 345 g/mol. The van der Waals surface area contributed by atoms with Gasteiger partial charge in [-0.3, -0.25) is 4.79 Å². The first-order chi connectivity index (χ1) is 10.5. The van der Waals surface area contributed by atoms with Crippen molar-refractivity contribution in [2.75, 3.05) is 27.3 Å². The van der Waals surface area contributed by atoms with Gasteiger partial charge in [-0.05, 0) is 38.0 Å². The minimum Gasteiger partial charge on any atom is -0.497 e. The van der Waals surface area contributed by atoms with Crippen LogP contribution in [-0.2, 0) is 16.0 Å². The number of methoxy groups -OCH3 is 2. The fourth-order valence-electron chi connectivity index (χ4n) is 2.52. The standard InChI is InChI=1S/C17H28N2O3.ClH/c1-5-19(17(20)11-16(12-18)22-4)13(2)10-14-6-8-15(21-3)9-7-14;/h6-9,13,16H,5,10-12,18H2,1-4H3;1H. The third-order valence-corrected chi connectivity index (χ3v) is 3.88. The van der Waals surface area contributed by atoms with Gasteiger partial charge in [-0.1, -0.05) is 12.1 Å². The number of ether oxygens (including phenoxy) is 2. The molecule has 0 aliphatic rings. The number of rotatable bonds is 9. The molecule has 2 atom stereocenters. The van der Waals surface area contributed by atoms with Gasteiger partial charge in [0, 0.05) is 26.2 Å². The second-order valence-corrected chi connectivity index (χ2v) is 5.38. The van der Waals surface area contributed by atoms with Crippen molar-refractivity contribution in [3.63, 3.8) is 0 Å². The fraction of sp³-hybridized carbons (Fsp3) is 0.588. The van der Waals surface area contributed by atoms with E-state index in [0.29, 0.717) is 19.5 Å². The number of hydrogen-bond donors (Lipinski definition) is 1. The van der Waals surface area contributed by atoms with Gasteiger partial charge in [0.05, 0.1) is 19.6 Å². The van der Waals surface area contributed by atoms with Crippen LogP contribution >= 0.6 is 12.4 Å². The van der Waals surface area contributed by atoms with Crippen molar-refractivity contribution < 1.29 is 14.3 Å². The lowest BCUT2D eigenvalue weighted by atomic mass is 10.0. The van der Waals surface area contributed by atoms with Crippen LogP contribution in [0.1, 0.15) is 25.8 Å². The molecule has 0 aliphatic heterocycles. The molecule has 0 aliphatic carbocycles. The number of amides is 1. The molecule has 0 radical (unpaired) electrons. The van der Waals surface area contributed by atoms with Crippen LogP contribution in [-0.4, -0.2) is 50.3 Å². The van der Waals surface area contributed by atoms with E-state index in [0.717, 1.165) is 12.2 Å². The molecule has 0 aromatic heterocycles. The lowest BCUT2D eigenvalue weighted by Crippen LogP contribution is -2.42. The third kappa shape index (κ3) is 6.77. The van der Waals surface area contributed by atoms with Crippen LogP contribution in [0.4, 0.5) is 0 Å². The summed E-state index contributed by atoms with van der Waals surface area (Å²) in [5.74, 6) is 0.923. The highest BCUT2D eigenvalue weighted by Crippen LogP contribution is 2.15. The zero-order valence-corrected chi connectivity index (χ0v) is 15.3. The lowest BCUT2D eigenvalue weighted by Gasteiger charge is -2.29. The highest BCUT2D eigenvalue weighted by atomic mass is 35.5. The summed E-state index contributed by atoms with van der Waals surface area (Å²) in [5.41, 5.74) is 6.77. The smallest absolute Gasteiger partial charge is 0.225 e. The molecule has 2 unspecified atom stereocenters. The Hall–Kier alpha value is -1.30. The van der Waals surface area contributed by atoms with Gasteiger partial charge in [0.25, 0.3) is 0 Å². The minimum atomic E-state index is -0.213. The number of hydrogen-bond acceptors (Lipinski definition) is 4. The molecule has 23 heavy (non-hydrogen) atoms. The Kier molecular flexibility index (Phi) is 10.6. The maximum Gasteiger partial charge on any atom is 0.225 e. The maximum atomic E-state index is 12.4. The van der Waals surface area contributed by atoms with E-state index in [1.807, 2.05) is 36.1 Å². The van der Waals surface area contributed by atoms with Gasteiger partial charge in [-0.25, -0.2) is 0 Å². The Morgan fingerprint density at radius 1 is 1.26 bits per heavy atom. The summed E-state index contributed by atoms with van der Waals surface area (Å²) in [6, 6.07) is 8.07. The van der Waals surface area contributed by atoms with Crippen LogP contribution < -0.4 is 10.5 Å². The monoisotopic (exact) mass is 344 g/mol. The second-order valence-electron chi connectivity index (χ2n) is 5.38. The van der Waals surface area contributed by atoms with Gasteiger partial charge >= 0.3 is 0 Å². The van der Waals surface area contributed by atoms with E-state index >= 15 is 0 Å². The summed E-state index contributed by atoms with van der Waals surface area (Å²) < 4.78 is 10.4. The van der Waals surface area contributed by atoms with Gasteiger partial charge in [-0.15, -0.1) is 12.4 Å². The van der Waals surface area contributed by atoms with E-state index in [1.54, 1.807) is 14.2 Å². The van der Waals surface area contributed by atoms with Gasteiger partial charge in [-0.2, -0.15) is 0 Å². The van der Waals surface area contributed by atoms with Crippen molar-refractivity contribution >= 4 is 18.3 Å². The zero-order chi connectivity index (χ0) is 16.5. The topological polar surface area (TPSA) is 64.8 Å². The predicted molar refractivity (Wildman–Crippen MR) is 95.3 cm³/mol. The van der Waals surface area contributed by atoms with Crippen LogP contribution in [0.2, 0.25) is 0 Å². The lowest BCUT2D eigenvalue weighted by molar-refractivity contribution is -0.135.